The summed E-state index contributed by atoms with van der Waals surface area (Å²) in [4.78, 5) is 75.6. The number of aromatic nitrogens is 1. The molecule has 0 unspecified atom stereocenters. The van der Waals surface area contributed by atoms with Gasteiger partial charge in [0.2, 0.25) is 5.91 Å². The first-order valence-electron chi connectivity index (χ1n) is 20.5. The highest BCUT2D eigenvalue weighted by Crippen LogP contribution is 2.34. The number of nitrogens with one attached hydrogen (secondary N) is 1. The van der Waals surface area contributed by atoms with Crippen molar-refractivity contribution in [1.29, 1.82) is 0 Å². The van der Waals surface area contributed by atoms with Gasteiger partial charge in [0.15, 0.2) is 11.9 Å². The highest BCUT2D eigenvalue weighted by atomic mass is 32.1. The molecule has 1 aliphatic rings. The van der Waals surface area contributed by atoms with Gasteiger partial charge in [0.1, 0.15) is 10.7 Å². The molecular formula is C45H62N4O7S. The molecule has 2 amide bonds. The number of hydrogen-bond acceptors (Lipinski definition) is 9. The number of likely N-dealkylation sites (N-methyl/N-ethyl adjacent to an activating group) is 1. The Labute approximate surface area is 342 Å². The van der Waals surface area contributed by atoms with Gasteiger partial charge in [-0.15, -0.1) is 11.3 Å². The van der Waals surface area contributed by atoms with Gasteiger partial charge in [-0.05, 0) is 62.2 Å². The number of nitrogens with zero attached hydrogens (tertiary/aromatic N) is 3. The fourth-order valence-electron chi connectivity index (χ4n) is 7.80. The summed E-state index contributed by atoms with van der Waals surface area (Å²) in [5.74, 6) is -3.25. The molecule has 310 valence electrons. The van der Waals surface area contributed by atoms with Crippen molar-refractivity contribution in [2.24, 2.45) is 23.7 Å². The lowest BCUT2D eigenvalue weighted by molar-refractivity contribution is -0.150. The zero-order chi connectivity index (χ0) is 41.6. The summed E-state index contributed by atoms with van der Waals surface area (Å²) in [6.07, 6.45) is 3.78. The molecule has 1 saturated heterocycles. The molecule has 3 aromatic rings. The first-order chi connectivity index (χ1) is 27.2. The molecule has 1 fully saturated rings. The number of benzene rings is 2. The monoisotopic (exact) mass is 802 g/mol. The van der Waals surface area contributed by atoms with Gasteiger partial charge in [-0.2, -0.15) is 0 Å². The van der Waals surface area contributed by atoms with E-state index in [0.717, 1.165) is 43.4 Å². The van der Waals surface area contributed by atoms with Crippen LogP contribution in [0.25, 0.3) is 0 Å². The zero-order valence-corrected chi connectivity index (χ0v) is 35.5. The number of piperidine rings is 1. The van der Waals surface area contributed by atoms with E-state index < -0.39 is 47.9 Å². The Morgan fingerprint density at radius 3 is 2.19 bits per heavy atom. The zero-order valence-electron chi connectivity index (χ0n) is 34.7. The van der Waals surface area contributed by atoms with E-state index in [1.54, 1.807) is 12.3 Å². The number of aliphatic carboxylic acids is 1. The SMILES string of the molecule is CC[C@H](C)[C@H](CC(=O)[C@H]1CCCCN1C)C(=O)N(Cc1ccccc1)[C@H](C[C@@H](OC(C)=O)c1nc(C(=O)N[C@@H](Cc2ccccc2)C[C@H](C)C(=O)O)cs1)C(C)C. The molecule has 2 N–H and O–H groups in total. The van der Waals surface area contributed by atoms with Gasteiger partial charge < -0.3 is 20.1 Å². The molecule has 0 bridgehead atoms. The molecule has 0 aliphatic carbocycles. The molecule has 7 atom stereocenters. The second-order valence-electron chi connectivity index (χ2n) is 16.2. The van der Waals surface area contributed by atoms with Crippen LogP contribution in [-0.2, 0) is 36.9 Å². The summed E-state index contributed by atoms with van der Waals surface area (Å²) in [7, 11) is 1.99. The van der Waals surface area contributed by atoms with E-state index in [9.17, 15) is 24.3 Å². The Bertz CT molecular complexity index is 1770. The molecule has 12 heteroatoms. The summed E-state index contributed by atoms with van der Waals surface area (Å²) in [5, 5.41) is 14.7. The number of thiazole rings is 1. The van der Waals surface area contributed by atoms with Crippen LogP contribution in [0.5, 0.6) is 0 Å². The molecule has 1 aliphatic heterocycles. The smallest absolute Gasteiger partial charge is 0.306 e. The Balaban J connectivity index is 1.64. The summed E-state index contributed by atoms with van der Waals surface area (Å²) in [6.45, 7) is 12.3. The fourth-order valence-corrected chi connectivity index (χ4v) is 8.64. The summed E-state index contributed by atoms with van der Waals surface area (Å²) in [5.41, 5.74) is 2.04. The van der Waals surface area contributed by atoms with Crippen molar-refractivity contribution in [1.82, 2.24) is 20.1 Å². The summed E-state index contributed by atoms with van der Waals surface area (Å²) >= 11 is 1.20. The third-order valence-corrected chi connectivity index (χ3v) is 12.3. The number of Topliss-reactive ketones (excluding diaryl/α,β-unsaturated/α-hetero) is 1. The lowest BCUT2D eigenvalue weighted by Gasteiger charge is -2.40. The molecule has 57 heavy (non-hydrogen) atoms. The molecule has 2 heterocycles. The molecule has 0 saturated carbocycles. The van der Waals surface area contributed by atoms with Crippen LogP contribution in [0.3, 0.4) is 0 Å². The van der Waals surface area contributed by atoms with Crippen LogP contribution < -0.4 is 5.32 Å². The van der Waals surface area contributed by atoms with E-state index in [-0.39, 0.29) is 54.5 Å². The maximum absolute atomic E-state index is 15.0. The van der Waals surface area contributed by atoms with Crippen LogP contribution in [0.15, 0.2) is 66.0 Å². The molecule has 11 nitrogen and oxygen atoms in total. The maximum atomic E-state index is 15.0. The van der Waals surface area contributed by atoms with E-state index in [0.29, 0.717) is 18.0 Å². The lowest BCUT2D eigenvalue weighted by atomic mass is 9.82. The van der Waals surface area contributed by atoms with Gasteiger partial charge in [0.25, 0.3) is 5.91 Å². The lowest BCUT2D eigenvalue weighted by Crippen LogP contribution is -2.49. The molecule has 4 rings (SSSR count). The van der Waals surface area contributed by atoms with Crippen molar-refractivity contribution in [2.45, 2.75) is 124 Å². The fraction of sp³-hybridized carbons (Fsp3) is 0.556. The topological polar surface area (TPSA) is 146 Å². The third kappa shape index (κ3) is 13.3. The number of ketones is 1. The Hall–Kier alpha value is -4.42. The predicted molar refractivity (Wildman–Crippen MR) is 223 cm³/mol. The number of rotatable bonds is 21. The van der Waals surface area contributed by atoms with Crippen LogP contribution in [-0.4, -0.2) is 81.1 Å². The first-order valence-corrected chi connectivity index (χ1v) is 21.3. The largest absolute Gasteiger partial charge is 0.481 e. The van der Waals surface area contributed by atoms with Crippen LogP contribution >= 0.6 is 11.3 Å². The normalized spacial score (nSPS) is 17.8. The van der Waals surface area contributed by atoms with E-state index in [4.69, 9.17) is 4.74 Å². The molecular weight excluding hydrogens is 741 g/mol. The van der Waals surface area contributed by atoms with Crippen LogP contribution in [0.4, 0.5) is 0 Å². The average Bonchev–Trinajstić information content (AvgIpc) is 3.68. The standard InChI is InChI=1S/C45H62N4O7S/c1-8-30(4)36(25-40(51)38-21-15-16-22-48(38)7)44(53)49(27-34-19-13-10-14-20-34)39(29(2)3)26-41(56-32(6)50)43-47-37(28-57-43)42(52)46-35(23-31(5)45(54)55)24-33-17-11-9-12-18-33/h9-14,17-20,28-31,35-36,38-39,41H,8,15-16,21-27H2,1-7H3,(H,46,52)(H,54,55)/t30-,31-,35+,36-,38+,39+,41+/m0/s1. The van der Waals surface area contributed by atoms with Crippen molar-refractivity contribution in [3.8, 4) is 0 Å². The van der Waals surface area contributed by atoms with Gasteiger partial charge in [-0.25, -0.2) is 4.98 Å². The highest BCUT2D eigenvalue weighted by Gasteiger charge is 2.39. The van der Waals surface area contributed by atoms with E-state index in [1.807, 2.05) is 100 Å². The molecule has 0 spiro atoms. The van der Waals surface area contributed by atoms with Crippen molar-refractivity contribution in [2.75, 3.05) is 13.6 Å². The highest BCUT2D eigenvalue weighted by molar-refractivity contribution is 7.09. The Kier molecular flexibility index (Phi) is 17.4. The minimum Gasteiger partial charge on any atom is -0.481 e. The molecule has 0 radical (unpaired) electrons. The number of carbonyl (C=O) groups is 5. The molecule has 1 aromatic heterocycles. The van der Waals surface area contributed by atoms with E-state index >= 15 is 4.79 Å². The number of esters is 1. The quantitative estimate of drug-likeness (QED) is 0.103. The summed E-state index contributed by atoms with van der Waals surface area (Å²) < 4.78 is 5.93. The minimum atomic E-state index is -0.944. The number of hydrogen-bond donors (Lipinski definition) is 2. The van der Waals surface area contributed by atoms with E-state index in [2.05, 4.69) is 15.2 Å². The number of carboxylic acids is 1. The maximum Gasteiger partial charge on any atom is 0.306 e. The number of carboxylic acid groups (broad SMARTS) is 1. The van der Waals surface area contributed by atoms with E-state index in [1.165, 1.54) is 18.3 Å². The van der Waals surface area contributed by atoms with Crippen LogP contribution in [0.1, 0.15) is 119 Å². The number of likely N-dealkylation sites (tertiary alicyclic amines) is 1. The van der Waals surface area contributed by atoms with Crippen molar-refractivity contribution < 1.29 is 33.8 Å². The second-order valence-corrected chi connectivity index (χ2v) is 17.0. The van der Waals surface area contributed by atoms with Gasteiger partial charge in [0, 0.05) is 49.7 Å². The Morgan fingerprint density at radius 2 is 1.61 bits per heavy atom. The first kappa shape index (κ1) is 45.3. The van der Waals surface area contributed by atoms with Crippen LogP contribution in [0, 0.1) is 23.7 Å². The number of carbonyl (C=O) groups excluding carboxylic acids is 4. The minimum absolute atomic E-state index is 0.0464. The van der Waals surface area contributed by atoms with Crippen molar-refractivity contribution >= 4 is 40.9 Å². The van der Waals surface area contributed by atoms with Gasteiger partial charge in [-0.3, -0.25) is 28.9 Å². The van der Waals surface area contributed by atoms with Gasteiger partial charge >= 0.3 is 11.9 Å². The van der Waals surface area contributed by atoms with Gasteiger partial charge in [-0.1, -0.05) is 108 Å². The number of ether oxygens (including phenoxy) is 1. The third-order valence-electron chi connectivity index (χ3n) is 11.4. The second kappa shape index (κ2) is 21.9. The molecule has 2 aromatic carbocycles. The van der Waals surface area contributed by atoms with Crippen LogP contribution in [0.2, 0.25) is 0 Å². The average molecular weight is 803 g/mol. The summed E-state index contributed by atoms with van der Waals surface area (Å²) in [6, 6.07) is 18.3. The Morgan fingerprint density at radius 1 is 0.965 bits per heavy atom. The van der Waals surface area contributed by atoms with Crippen molar-refractivity contribution in [3.05, 3.63) is 87.9 Å². The van der Waals surface area contributed by atoms with Crippen molar-refractivity contribution in [3.63, 3.8) is 0 Å². The predicted octanol–water partition coefficient (Wildman–Crippen LogP) is 7.75. The number of amides is 2. The van der Waals surface area contributed by atoms with Gasteiger partial charge in [0.05, 0.1) is 12.0 Å².